The molecular formula is C21H29IN4OS. The molecule has 1 amide bonds. The number of nitrogens with zero attached hydrogens (tertiary/aromatic N) is 1. The van der Waals surface area contributed by atoms with Crippen molar-refractivity contribution in [1.82, 2.24) is 16.0 Å². The first-order valence-electron chi connectivity index (χ1n) is 9.17. The second-order valence-electron chi connectivity index (χ2n) is 6.10. The number of carbonyl (C=O) groups is 1. The molecule has 0 aliphatic heterocycles. The Bertz CT molecular complexity index is 755. The van der Waals surface area contributed by atoms with Gasteiger partial charge in [-0.2, -0.15) is 0 Å². The average molecular weight is 512 g/mol. The summed E-state index contributed by atoms with van der Waals surface area (Å²) < 4.78 is 0. The molecule has 0 bridgehead atoms. The zero-order chi connectivity index (χ0) is 19.5. The smallest absolute Gasteiger partial charge is 0.251 e. The van der Waals surface area contributed by atoms with Crippen molar-refractivity contribution >= 4 is 47.6 Å². The largest absolute Gasteiger partial charge is 0.357 e. The molecule has 3 N–H and O–H groups in total. The number of amides is 1. The number of aliphatic imine (C=N–C) groups is 1. The number of halogens is 1. The Morgan fingerprint density at radius 2 is 1.86 bits per heavy atom. The van der Waals surface area contributed by atoms with Gasteiger partial charge in [0.25, 0.3) is 5.91 Å². The van der Waals surface area contributed by atoms with Crippen molar-refractivity contribution in [1.29, 1.82) is 0 Å². The summed E-state index contributed by atoms with van der Waals surface area (Å²) >= 11 is 1.84. The van der Waals surface area contributed by atoms with Crippen LogP contribution in [0.15, 0.2) is 64.5 Å². The van der Waals surface area contributed by atoms with Crippen LogP contribution in [-0.4, -0.2) is 37.3 Å². The summed E-state index contributed by atoms with van der Waals surface area (Å²) in [5.41, 5.74) is 1.65. The zero-order valence-corrected chi connectivity index (χ0v) is 19.7. The highest BCUT2D eigenvalue weighted by Crippen LogP contribution is 2.21. The third-order valence-electron chi connectivity index (χ3n) is 3.82. The maximum Gasteiger partial charge on any atom is 0.251 e. The predicted molar refractivity (Wildman–Crippen MR) is 130 cm³/mol. The minimum atomic E-state index is -0.0855. The zero-order valence-electron chi connectivity index (χ0n) is 16.6. The van der Waals surface area contributed by atoms with Gasteiger partial charge in [-0.1, -0.05) is 37.3 Å². The van der Waals surface area contributed by atoms with Crippen LogP contribution in [0.1, 0.15) is 29.8 Å². The van der Waals surface area contributed by atoms with Gasteiger partial charge in [0.2, 0.25) is 0 Å². The van der Waals surface area contributed by atoms with Gasteiger partial charge in [0, 0.05) is 35.8 Å². The number of nitrogens with one attached hydrogen (secondary N) is 3. The SMILES string of the molecule is CCNC(=NCc1cccc(C(=O)NC)c1)NCC(C)Sc1ccccc1.I. The van der Waals surface area contributed by atoms with Gasteiger partial charge in [0.1, 0.15) is 0 Å². The van der Waals surface area contributed by atoms with Crippen molar-refractivity contribution in [2.45, 2.75) is 30.5 Å². The first-order chi connectivity index (χ1) is 13.1. The standard InChI is InChI=1S/C21H28N4OS.HI/c1-4-23-21(24-14-16(2)27-19-11-6-5-7-12-19)25-15-17-9-8-10-18(13-17)20(26)22-3;/h5-13,16H,4,14-15H2,1-3H3,(H,22,26)(H2,23,24,25);1H. The van der Waals surface area contributed by atoms with Gasteiger partial charge in [-0.05, 0) is 36.8 Å². The molecule has 2 aromatic rings. The van der Waals surface area contributed by atoms with Crippen molar-refractivity contribution in [3.8, 4) is 0 Å². The van der Waals surface area contributed by atoms with Crippen LogP contribution in [0, 0.1) is 0 Å². The van der Waals surface area contributed by atoms with Crippen LogP contribution in [0.5, 0.6) is 0 Å². The highest BCUT2D eigenvalue weighted by molar-refractivity contribution is 14.0. The Kier molecular flexibility index (Phi) is 11.7. The third kappa shape index (κ3) is 8.52. The monoisotopic (exact) mass is 512 g/mol. The van der Waals surface area contributed by atoms with Crippen molar-refractivity contribution in [3.05, 3.63) is 65.7 Å². The molecule has 5 nitrogen and oxygen atoms in total. The van der Waals surface area contributed by atoms with Crippen molar-refractivity contribution in [2.75, 3.05) is 20.1 Å². The first kappa shape index (κ1) is 24.3. The highest BCUT2D eigenvalue weighted by Gasteiger charge is 2.07. The van der Waals surface area contributed by atoms with Crippen LogP contribution in [0.4, 0.5) is 0 Å². The Labute approximate surface area is 189 Å². The highest BCUT2D eigenvalue weighted by atomic mass is 127. The van der Waals surface area contributed by atoms with Crippen molar-refractivity contribution < 1.29 is 4.79 Å². The molecule has 7 heteroatoms. The van der Waals surface area contributed by atoms with E-state index in [9.17, 15) is 4.79 Å². The fourth-order valence-corrected chi connectivity index (χ4v) is 3.43. The summed E-state index contributed by atoms with van der Waals surface area (Å²) in [6, 6.07) is 17.9. The molecule has 28 heavy (non-hydrogen) atoms. The van der Waals surface area contributed by atoms with E-state index in [0.717, 1.165) is 24.6 Å². The van der Waals surface area contributed by atoms with E-state index in [-0.39, 0.29) is 29.9 Å². The van der Waals surface area contributed by atoms with Gasteiger partial charge in [-0.3, -0.25) is 4.79 Å². The molecule has 2 rings (SSSR count). The Balaban J connectivity index is 0.00000392. The fraction of sp³-hybridized carbons (Fsp3) is 0.333. The summed E-state index contributed by atoms with van der Waals surface area (Å²) in [5.74, 6) is 0.695. The molecule has 2 aromatic carbocycles. The lowest BCUT2D eigenvalue weighted by atomic mass is 10.1. The quantitative estimate of drug-likeness (QED) is 0.217. The summed E-state index contributed by atoms with van der Waals surface area (Å²) in [4.78, 5) is 17.7. The van der Waals surface area contributed by atoms with Gasteiger partial charge in [-0.15, -0.1) is 35.7 Å². The van der Waals surface area contributed by atoms with Crippen LogP contribution in [0.25, 0.3) is 0 Å². The van der Waals surface area contributed by atoms with Crippen LogP contribution in [-0.2, 0) is 6.54 Å². The maximum absolute atomic E-state index is 11.8. The van der Waals surface area contributed by atoms with Gasteiger partial charge in [0.05, 0.1) is 6.54 Å². The summed E-state index contributed by atoms with van der Waals surface area (Å²) in [7, 11) is 1.63. The van der Waals surface area contributed by atoms with E-state index >= 15 is 0 Å². The molecule has 1 atom stereocenters. The minimum Gasteiger partial charge on any atom is -0.357 e. The molecule has 0 heterocycles. The number of carbonyl (C=O) groups excluding carboxylic acids is 1. The van der Waals surface area contributed by atoms with Gasteiger partial charge in [0.15, 0.2) is 5.96 Å². The Morgan fingerprint density at radius 1 is 1.11 bits per heavy atom. The van der Waals surface area contributed by atoms with Crippen LogP contribution >= 0.6 is 35.7 Å². The number of hydrogen-bond acceptors (Lipinski definition) is 3. The van der Waals surface area contributed by atoms with Crippen LogP contribution in [0.3, 0.4) is 0 Å². The fourth-order valence-electron chi connectivity index (χ4n) is 2.48. The Morgan fingerprint density at radius 3 is 2.54 bits per heavy atom. The lowest BCUT2D eigenvalue weighted by Crippen LogP contribution is -2.40. The molecule has 0 saturated heterocycles. The molecule has 152 valence electrons. The molecule has 0 radical (unpaired) electrons. The number of benzene rings is 2. The van der Waals surface area contributed by atoms with Crippen molar-refractivity contribution in [2.24, 2.45) is 4.99 Å². The number of guanidine groups is 1. The first-order valence-corrected chi connectivity index (χ1v) is 10.0. The molecule has 0 fully saturated rings. The number of hydrogen-bond donors (Lipinski definition) is 3. The normalized spacial score (nSPS) is 11.9. The lowest BCUT2D eigenvalue weighted by molar-refractivity contribution is 0.0963. The van der Waals surface area contributed by atoms with Crippen LogP contribution in [0.2, 0.25) is 0 Å². The molecular weight excluding hydrogens is 483 g/mol. The van der Waals surface area contributed by atoms with E-state index in [0.29, 0.717) is 17.4 Å². The maximum atomic E-state index is 11.8. The second-order valence-corrected chi connectivity index (χ2v) is 7.61. The van der Waals surface area contributed by atoms with Gasteiger partial charge >= 0.3 is 0 Å². The molecule has 0 spiro atoms. The third-order valence-corrected chi connectivity index (χ3v) is 4.93. The lowest BCUT2D eigenvalue weighted by Gasteiger charge is -2.16. The van der Waals surface area contributed by atoms with E-state index in [1.54, 1.807) is 13.1 Å². The summed E-state index contributed by atoms with van der Waals surface area (Å²) in [6.07, 6.45) is 0. The average Bonchev–Trinajstić information content (AvgIpc) is 2.70. The van der Waals surface area contributed by atoms with Gasteiger partial charge < -0.3 is 16.0 Å². The number of thioether (sulfide) groups is 1. The molecule has 0 aliphatic carbocycles. The topological polar surface area (TPSA) is 65.5 Å². The number of rotatable bonds is 8. The van der Waals surface area contributed by atoms with E-state index in [1.165, 1.54) is 4.90 Å². The summed E-state index contributed by atoms with van der Waals surface area (Å²) in [5, 5.41) is 9.72. The van der Waals surface area contributed by atoms with E-state index in [1.807, 2.05) is 43.0 Å². The molecule has 1 unspecified atom stereocenters. The van der Waals surface area contributed by atoms with Crippen molar-refractivity contribution in [3.63, 3.8) is 0 Å². The minimum absolute atomic E-state index is 0. The van der Waals surface area contributed by atoms with E-state index in [2.05, 4.69) is 52.1 Å². The second kappa shape index (κ2) is 13.4. The predicted octanol–water partition coefficient (Wildman–Crippen LogP) is 3.90. The molecule has 0 saturated carbocycles. The van der Waals surface area contributed by atoms with E-state index in [4.69, 9.17) is 0 Å². The molecule has 0 aliphatic rings. The van der Waals surface area contributed by atoms with Crippen LogP contribution < -0.4 is 16.0 Å². The van der Waals surface area contributed by atoms with Gasteiger partial charge in [-0.25, -0.2) is 4.99 Å². The summed E-state index contributed by atoms with van der Waals surface area (Å²) in [6.45, 7) is 6.36. The Hall–Kier alpha value is -1.74. The van der Waals surface area contributed by atoms with E-state index < -0.39 is 0 Å². The molecule has 0 aromatic heterocycles.